The highest BCUT2D eigenvalue weighted by atomic mass is 19.1. The lowest BCUT2D eigenvalue weighted by molar-refractivity contribution is 0.151. The van der Waals surface area contributed by atoms with E-state index in [0.29, 0.717) is 44.4 Å². The zero-order chi connectivity index (χ0) is 48.6. The minimum Gasteiger partial charge on any atom is -0.325 e. The molecule has 1 unspecified atom stereocenters. The molecule has 2 aromatic heterocycles. The van der Waals surface area contributed by atoms with Gasteiger partial charge in [-0.15, -0.1) is 0 Å². The van der Waals surface area contributed by atoms with E-state index in [1.165, 1.54) is 40.5 Å². The van der Waals surface area contributed by atoms with E-state index in [2.05, 4.69) is 109 Å². The Kier molecular flexibility index (Phi) is 9.71. The summed E-state index contributed by atoms with van der Waals surface area (Å²) < 4.78 is 33.3. The molecule has 4 amide bonds. The monoisotopic (exact) mass is 958 g/mol. The number of hydrogen-bond donors (Lipinski definition) is 0. The molecule has 2 saturated carbocycles. The van der Waals surface area contributed by atoms with E-state index in [1.807, 2.05) is 37.6 Å². The van der Waals surface area contributed by atoms with Crippen LogP contribution in [-0.4, -0.2) is 97.0 Å². The Labute approximate surface area is 417 Å². The molecule has 0 bridgehead atoms. The molecule has 12 heteroatoms. The molecular weight excluding hydrogens is 903 g/mol. The van der Waals surface area contributed by atoms with E-state index in [-0.39, 0.29) is 52.4 Å². The maximum Gasteiger partial charge on any atom is 0.320 e. The van der Waals surface area contributed by atoms with Gasteiger partial charge in [0.25, 0.3) is 0 Å². The van der Waals surface area contributed by atoms with E-state index in [9.17, 15) is 9.18 Å². The van der Waals surface area contributed by atoms with E-state index >= 15 is 9.18 Å². The highest BCUT2D eigenvalue weighted by Gasteiger charge is 2.72. The summed E-state index contributed by atoms with van der Waals surface area (Å²) in [5.74, 6) is 0.457. The molecule has 0 spiro atoms. The highest BCUT2D eigenvalue weighted by molar-refractivity contribution is 5.86. The van der Waals surface area contributed by atoms with Crippen LogP contribution in [-0.2, 0) is 10.8 Å². The third kappa shape index (κ3) is 6.42. The normalized spacial score (nSPS) is 26.2. The van der Waals surface area contributed by atoms with Crippen LogP contribution in [0, 0.1) is 37.3 Å². The molecule has 4 saturated heterocycles. The molecule has 72 heavy (non-hydrogen) atoms. The molecule has 362 valence electrons. The second-order valence-electron chi connectivity index (χ2n) is 21.7. The summed E-state index contributed by atoms with van der Waals surface area (Å²) in [6.07, 6.45) is 7.45. The summed E-state index contributed by atoms with van der Waals surface area (Å²) in [7, 11) is 0. The lowest BCUT2D eigenvalue weighted by Gasteiger charge is -2.33. The minimum atomic E-state index is -0.344. The van der Waals surface area contributed by atoms with E-state index in [1.54, 1.807) is 18.2 Å². The molecule has 6 heterocycles. The van der Waals surface area contributed by atoms with Crippen molar-refractivity contribution in [3.05, 3.63) is 190 Å². The van der Waals surface area contributed by atoms with Gasteiger partial charge in [0.2, 0.25) is 0 Å². The van der Waals surface area contributed by atoms with Gasteiger partial charge in [-0.05, 0) is 151 Å². The van der Waals surface area contributed by atoms with Crippen LogP contribution in [0.25, 0.3) is 33.2 Å². The maximum atomic E-state index is 15.7. The number of carbonyl (C=O) groups is 2. The average molecular weight is 959 g/mol. The van der Waals surface area contributed by atoms with Gasteiger partial charge >= 0.3 is 12.1 Å². The number of hydrogen-bond acceptors (Lipinski definition) is 4. The van der Waals surface area contributed by atoms with Crippen molar-refractivity contribution in [3.63, 3.8) is 0 Å². The van der Waals surface area contributed by atoms with Crippen molar-refractivity contribution in [2.24, 2.45) is 11.8 Å². The van der Waals surface area contributed by atoms with Crippen molar-refractivity contribution in [3.8, 4) is 11.4 Å². The summed E-state index contributed by atoms with van der Waals surface area (Å²) in [6, 6.07) is 41.6. The molecule has 2 aliphatic carbocycles. The van der Waals surface area contributed by atoms with Gasteiger partial charge in [0.15, 0.2) is 0 Å². The summed E-state index contributed by atoms with van der Waals surface area (Å²) >= 11 is 0. The third-order valence-corrected chi connectivity index (χ3v) is 18.0. The molecule has 7 atom stereocenters. The van der Waals surface area contributed by atoms with Crippen molar-refractivity contribution in [1.82, 2.24) is 39.2 Å². The zero-order valence-electron chi connectivity index (χ0n) is 40.6. The first-order valence-electron chi connectivity index (χ1n) is 25.9. The number of likely N-dealkylation sites (tertiary alicyclic amines) is 4. The van der Waals surface area contributed by atoms with Crippen molar-refractivity contribution in [2.75, 3.05) is 45.8 Å². The van der Waals surface area contributed by atoms with Crippen molar-refractivity contribution < 1.29 is 18.4 Å². The molecule has 6 aliphatic rings. The average Bonchev–Trinajstić information content (AvgIpc) is 4.07. The zero-order valence-corrected chi connectivity index (χ0v) is 40.6. The number of carbonyl (C=O) groups excluding carboxylic acids is 2. The van der Waals surface area contributed by atoms with Crippen LogP contribution in [0.5, 0.6) is 0 Å². The topological polar surface area (TPSA) is 82.7 Å². The van der Waals surface area contributed by atoms with Gasteiger partial charge in [0.05, 0.1) is 40.8 Å². The van der Waals surface area contributed by atoms with Crippen LogP contribution in [0.2, 0.25) is 0 Å². The van der Waals surface area contributed by atoms with Crippen molar-refractivity contribution in [1.29, 1.82) is 0 Å². The number of amides is 4. The van der Waals surface area contributed by atoms with Gasteiger partial charge in [0, 0.05) is 84.8 Å². The number of fused-ring (bicyclic) bond motifs is 4. The van der Waals surface area contributed by atoms with Gasteiger partial charge in [-0.25, -0.2) is 27.7 Å². The van der Waals surface area contributed by atoms with E-state index in [4.69, 9.17) is 10.2 Å². The predicted molar refractivity (Wildman–Crippen MR) is 274 cm³/mol. The summed E-state index contributed by atoms with van der Waals surface area (Å²) in [5, 5.41) is 11.8. The Morgan fingerprint density at radius 1 is 0.569 bits per heavy atom. The lowest BCUT2D eigenvalue weighted by atomic mass is 9.86. The standard InChI is InChI=1S/C60H56F2N8O2/c1-37-26-53-41(31-63-69(53)45-20-17-43(61)18-21-45)28-47(37)60-36-67(34-50(60)56(60)40-14-7-4-8-15-40)58(72)68-25-11-16-51(68)46-30-44(62)19-22-52(46)70-54-27-38(2)48(29-42(54)32-64-70)59-35-66(57(71)65-23-9-10-24-65)33-49(59)55(59)39-12-5-3-6-13-39/h3-8,12-15,17-22,26-32,49-51,55-56H,9-11,16,23-25,33-36H2,1-2H3/t49-,50+,51?,55-,56+,59+,60-/m0/s1. The Bertz CT molecular complexity index is 3480. The number of aryl methyl sites for hydroxylation is 2. The van der Waals surface area contributed by atoms with Gasteiger partial charge in [0.1, 0.15) is 11.6 Å². The molecule has 6 aromatic carbocycles. The number of benzene rings is 6. The molecule has 10 nitrogen and oxygen atoms in total. The van der Waals surface area contributed by atoms with Crippen LogP contribution in [0.15, 0.2) is 140 Å². The van der Waals surface area contributed by atoms with Crippen LogP contribution < -0.4 is 0 Å². The Hall–Kier alpha value is -7.34. The van der Waals surface area contributed by atoms with Crippen LogP contribution >= 0.6 is 0 Å². The number of rotatable bonds is 7. The fourth-order valence-corrected chi connectivity index (χ4v) is 14.8. The SMILES string of the molecule is Cc1cc2c(cnn2-c2ccc(F)cc2)cc1[C@@]12CN(C(=O)N3CCCC3c3cc(F)ccc3-n3ncc4cc([C@]56CN(C(=O)N7CCCC7)C[C@H]5[C@@H]6c5ccccc5)c(C)cc43)C[C@@H]1[C@H]2c1ccccc1. The van der Waals surface area contributed by atoms with Crippen LogP contribution in [0.1, 0.15) is 82.5 Å². The Balaban J connectivity index is 0.776. The number of nitrogens with zero attached hydrogens (tertiary/aromatic N) is 8. The van der Waals surface area contributed by atoms with Gasteiger partial charge in [-0.2, -0.15) is 10.2 Å². The number of piperidine rings is 2. The molecule has 0 N–H and O–H groups in total. The quantitative estimate of drug-likeness (QED) is 0.159. The number of aromatic nitrogens is 4. The fraction of sp³-hybridized carbons (Fsp3) is 0.333. The van der Waals surface area contributed by atoms with E-state index < -0.39 is 0 Å². The van der Waals surface area contributed by atoms with Crippen molar-refractivity contribution >= 4 is 33.9 Å². The third-order valence-electron chi connectivity index (χ3n) is 18.0. The Morgan fingerprint density at radius 2 is 1.11 bits per heavy atom. The first-order valence-corrected chi connectivity index (χ1v) is 25.9. The summed E-state index contributed by atoms with van der Waals surface area (Å²) in [4.78, 5) is 37.2. The van der Waals surface area contributed by atoms with Crippen LogP contribution in [0.4, 0.5) is 18.4 Å². The molecule has 0 radical (unpaired) electrons. The molecular formula is C60H56F2N8O2. The lowest BCUT2D eigenvalue weighted by Crippen LogP contribution is -2.44. The summed E-state index contributed by atoms with van der Waals surface area (Å²) in [5.41, 5.74) is 11.1. The molecule has 8 aromatic rings. The highest BCUT2D eigenvalue weighted by Crippen LogP contribution is 2.71. The second kappa shape index (κ2) is 16.1. The molecule has 6 fully saturated rings. The van der Waals surface area contributed by atoms with Gasteiger partial charge < -0.3 is 19.6 Å². The number of urea groups is 2. The largest absolute Gasteiger partial charge is 0.325 e. The van der Waals surface area contributed by atoms with Crippen LogP contribution in [0.3, 0.4) is 0 Å². The predicted octanol–water partition coefficient (Wildman–Crippen LogP) is 11.4. The van der Waals surface area contributed by atoms with Gasteiger partial charge in [-0.3, -0.25) is 0 Å². The summed E-state index contributed by atoms with van der Waals surface area (Å²) in [6.45, 7) is 9.20. The fourth-order valence-electron chi connectivity index (χ4n) is 14.8. The first-order chi connectivity index (χ1) is 35.1. The number of halogens is 2. The first kappa shape index (κ1) is 43.4. The second-order valence-corrected chi connectivity index (χ2v) is 21.7. The van der Waals surface area contributed by atoms with E-state index in [0.717, 1.165) is 88.8 Å². The maximum absolute atomic E-state index is 15.7. The molecule has 4 aliphatic heterocycles. The van der Waals surface area contributed by atoms with Gasteiger partial charge in [-0.1, -0.05) is 60.7 Å². The molecule has 14 rings (SSSR count). The smallest absolute Gasteiger partial charge is 0.320 e. The Morgan fingerprint density at radius 3 is 1.71 bits per heavy atom. The minimum absolute atomic E-state index is 0.0141. The van der Waals surface area contributed by atoms with Crippen molar-refractivity contribution in [2.45, 2.75) is 68.2 Å².